The maximum absolute atomic E-state index is 3.71. The maximum atomic E-state index is 3.71. The highest BCUT2D eigenvalue weighted by molar-refractivity contribution is 5.04. The van der Waals surface area contributed by atoms with Crippen LogP contribution in [0.3, 0.4) is 0 Å². The van der Waals surface area contributed by atoms with Crippen LogP contribution in [-0.2, 0) is 0 Å². The minimum Gasteiger partial charge on any atom is -0.312 e. The van der Waals surface area contributed by atoms with Gasteiger partial charge in [0.25, 0.3) is 0 Å². The van der Waals surface area contributed by atoms with Gasteiger partial charge in [-0.2, -0.15) is 0 Å². The Morgan fingerprint density at radius 3 is 2.50 bits per heavy atom. The van der Waals surface area contributed by atoms with Gasteiger partial charge in [-0.1, -0.05) is 26.7 Å². The quantitative estimate of drug-likeness (QED) is 0.772. The van der Waals surface area contributed by atoms with Gasteiger partial charge in [0.15, 0.2) is 0 Å². The van der Waals surface area contributed by atoms with E-state index in [2.05, 4.69) is 39.9 Å². The number of hydrogen-bond acceptors (Lipinski definition) is 1. The van der Waals surface area contributed by atoms with Crippen LogP contribution in [0.4, 0.5) is 0 Å². The van der Waals surface area contributed by atoms with Crippen molar-refractivity contribution in [3.05, 3.63) is 0 Å². The predicted molar refractivity (Wildman–Crippen MR) is 79.7 cm³/mol. The summed E-state index contributed by atoms with van der Waals surface area (Å²) in [5, 5.41) is 3.71. The van der Waals surface area contributed by atoms with Crippen LogP contribution in [0, 0.1) is 23.2 Å². The van der Waals surface area contributed by atoms with E-state index in [1.165, 1.54) is 45.1 Å². The fourth-order valence-corrected chi connectivity index (χ4v) is 3.89. The summed E-state index contributed by atoms with van der Waals surface area (Å²) in [7, 11) is 0. The van der Waals surface area contributed by atoms with E-state index in [1.54, 1.807) is 0 Å². The van der Waals surface area contributed by atoms with Crippen LogP contribution in [0.15, 0.2) is 0 Å². The molecule has 18 heavy (non-hydrogen) atoms. The Bertz CT molecular complexity index is 276. The molecule has 0 saturated heterocycles. The van der Waals surface area contributed by atoms with Gasteiger partial charge in [0.2, 0.25) is 0 Å². The molecule has 0 aromatic rings. The average molecular weight is 251 g/mol. The highest BCUT2D eigenvalue weighted by Gasteiger charge is 2.53. The summed E-state index contributed by atoms with van der Waals surface area (Å²) in [6.07, 6.45) is 8.97. The molecule has 1 heteroatoms. The molecule has 0 heterocycles. The summed E-state index contributed by atoms with van der Waals surface area (Å²) >= 11 is 0. The smallest absolute Gasteiger partial charge is 0.00966 e. The molecular formula is C17H33N. The van der Waals surface area contributed by atoms with Gasteiger partial charge in [-0.05, 0) is 76.2 Å². The average Bonchev–Trinajstić information content (AvgIpc) is 2.97. The van der Waals surface area contributed by atoms with Crippen molar-refractivity contribution in [2.75, 3.05) is 6.54 Å². The minimum absolute atomic E-state index is 0.287. The van der Waals surface area contributed by atoms with Crippen LogP contribution in [0.25, 0.3) is 0 Å². The Morgan fingerprint density at radius 2 is 1.89 bits per heavy atom. The van der Waals surface area contributed by atoms with Crippen LogP contribution in [0.2, 0.25) is 0 Å². The zero-order chi connectivity index (χ0) is 13.4. The van der Waals surface area contributed by atoms with Gasteiger partial charge in [-0.25, -0.2) is 0 Å². The number of nitrogens with one attached hydrogen (secondary N) is 1. The number of rotatable bonds is 3. The van der Waals surface area contributed by atoms with Crippen molar-refractivity contribution in [1.82, 2.24) is 5.32 Å². The van der Waals surface area contributed by atoms with Crippen molar-refractivity contribution in [1.29, 1.82) is 0 Å². The second-order valence-corrected chi connectivity index (χ2v) is 8.33. The van der Waals surface area contributed by atoms with Crippen LogP contribution < -0.4 is 5.32 Å². The minimum atomic E-state index is 0.287. The van der Waals surface area contributed by atoms with E-state index in [0.29, 0.717) is 0 Å². The van der Waals surface area contributed by atoms with Gasteiger partial charge in [-0.15, -0.1) is 0 Å². The van der Waals surface area contributed by atoms with Gasteiger partial charge in [0.1, 0.15) is 0 Å². The fraction of sp³-hybridized carbons (Fsp3) is 1.00. The van der Waals surface area contributed by atoms with E-state index >= 15 is 0 Å². The third-order valence-electron chi connectivity index (χ3n) is 5.44. The van der Waals surface area contributed by atoms with Crippen LogP contribution in [0.1, 0.15) is 73.1 Å². The molecule has 1 spiro atoms. The Labute approximate surface area is 114 Å². The molecule has 2 rings (SSSR count). The predicted octanol–water partition coefficient (Wildman–Crippen LogP) is 4.62. The topological polar surface area (TPSA) is 12.0 Å². The summed E-state index contributed by atoms with van der Waals surface area (Å²) in [6.45, 7) is 12.9. The normalized spacial score (nSPS) is 37.0. The van der Waals surface area contributed by atoms with Crippen molar-refractivity contribution in [2.24, 2.45) is 23.2 Å². The van der Waals surface area contributed by atoms with Gasteiger partial charge in [0, 0.05) is 5.54 Å². The fourth-order valence-electron chi connectivity index (χ4n) is 3.89. The Hall–Kier alpha value is -0.0400. The van der Waals surface area contributed by atoms with Crippen molar-refractivity contribution in [3.63, 3.8) is 0 Å². The molecule has 0 radical (unpaired) electrons. The molecule has 106 valence electrons. The lowest BCUT2D eigenvalue weighted by atomic mass is 9.87. The van der Waals surface area contributed by atoms with Crippen molar-refractivity contribution < 1.29 is 0 Å². The Balaban J connectivity index is 1.81. The first kappa shape index (κ1) is 14.4. The van der Waals surface area contributed by atoms with Crippen molar-refractivity contribution in [3.8, 4) is 0 Å². The summed E-state index contributed by atoms with van der Waals surface area (Å²) in [4.78, 5) is 0. The standard InChI is InChI=1S/C17H33N/c1-13(2)14-7-6-9-17(10-8-14)11-15(17)12-18-16(3,4)5/h13-15,18H,6-12H2,1-5H3. The highest BCUT2D eigenvalue weighted by atomic mass is 15.0. The molecule has 3 unspecified atom stereocenters. The molecular weight excluding hydrogens is 218 g/mol. The SMILES string of the molecule is CC(C)C1CCCC2(CC1)CC2CNC(C)(C)C. The molecule has 2 fully saturated rings. The largest absolute Gasteiger partial charge is 0.312 e. The van der Waals surface area contributed by atoms with E-state index in [-0.39, 0.29) is 5.54 Å². The number of hydrogen-bond donors (Lipinski definition) is 1. The summed E-state index contributed by atoms with van der Waals surface area (Å²) in [6, 6.07) is 0. The lowest BCUT2D eigenvalue weighted by Crippen LogP contribution is -2.37. The van der Waals surface area contributed by atoms with Gasteiger partial charge >= 0.3 is 0 Å². The van der Waals surface area contributed by atoms with E-state index in [9.17, 15) is 0 Å². The van der Waals surface area contributed by atoms with Crippen LogP contribution >= 0.6 is 0 Å². The van der Waals surface area contributed by atoms with E-state index < -0.39 is 0 Å². The Kier molecular flexibility index (Phi) is 4.11. The second kappa shape index (κ2) is 5.15. The van der Waals surface area contributed by atoms with E-state index in [1.807, 2.05) is 0 Å². The van der Waals surface area contributed by atoms with Crippen LogP contribution in [-0.4, -0.2) is 12.1 Å². The molecule has 2 aliphatic carbocycles. The summed E-state index contributed by atoms with van der Waals surface area (Å²) in [5.74, 6) is 2.87. The molecule has 2 saturated carbocycles. The van der Waals surface area contributed by atoms with Crippen molar-refractivity contribution in [2.45, 2.75) is 78.7 Å². The summed E-state index contributed by atoms with van der Waals surface area (Å²) in [5.41, 5.74) is 1.04. The molecule has 1 N–H and O–H groups in total. The van der Waals surface area contributed by atoms with E-state index in [4.69, 9.17) is 0 Å². The molecule has 0 aromatic carbocycles. The van der Waals surface area contributed by atoms with Gasteiger partial charge in [-0.3, -0.25) is 0 Å². The van der Waals surface area contributed by atoms with Crippen molar-refractivity contribution >= 4 is 0 Å². The molecule has 1 nitrogen and oxygen atoms in total. The molecule has 0 aliphatic heterocycles. The van der Waals surface area contributed by atoms with E-state index in [0.717, 1.165) is 23.2 Å². The zero-order valence-corrected chi connectivity index (χ0v) is 13.2. The monoisotopic (exact) mass is 251 g/mol. The lowest BCUT2D eigenvalue weighted by Gasteiger charge is -2.22. The van der Waals surface area contributed by atoms with Crippen LogP contribution in [0.5, 0.6) is 0 Å². The molecule has 0 amide bonds. The van der Waals surface area contributed by atoms with Gasteiger partial charge < -0.3 is 5.32 Å². The second-order valence-electron chi connectivity index (χ2n) is 8.33. The molecule has 0 bridgehead atoms. The molecule has 3 atom stereocenters. The third kappa shape index (κ3) is 3.50. The first-order valence-corrected chi connectivity index (χ1v) is 8.07. The van der Waals surface area contributed by atoms with Gasteiger partial charge in [0.05, 0.1) is 0 Å². The first-order valence-electron chi connectivity index (χ1n) is 8.07. The zero-order valence-electron chi connectivity index (χ0n) is 13.2. The molecule has 0 aromatic heterocycles. The maximum Gasteiger partial charge on any atom is 0.00966 e. The highest BCUT2D eigenvalue weighted by Crippen LogP contribution is 2.61. The molecule has 2 aliphatic rings. The summed E-state index contributed by atoms with van der Waals surface area (Å²) < 4.78 is 0. The third-order valence-corrected chi connectivity index (χ3v) is 5.44. The first-order chi connectivity index (χ1) is 8.32. The Morgan fingerprint density at radius 1 is 1.17 bits per heavy atom. The lowest BCUT2D eigenvalue weighted by molar-refractivity contribution is 0.320.